The van der Waals surface area contributed by atoms with Crippen LogP contribution in [-0.2, 0) is 14.8 Å². The second kappa shape index (κ2) is 8.25. The van der Waals surface area contributed by atoms with Gasteiger partial charge in [-0.05, 0) is 46.5 Å². The van der Waals surface area contributed by atoms with Crippen molar-refractivity contribution in [3.05, 3.63) is 90.1 Å². The van der Waals surface area contributed by atoms with Crippen LogP contribution in [-0.4, -0.2) is 20.9 Å². The second-order valence-electron chi connectivity index (χ2n) is 6.51. The van der Waals surface area contributed by atoms with Crippen molar-refractivity contribution >= 4 is 49.4 Å². The van der Waals surface area contributed by atoms with Gasteiger partial charge in [0.05, 0.1) is 5.69 Å². The smallest absolute Gasteiger partial charge is 0.274 e. The number of halogens is 1. The van der Waals surface area contributed by atoms with E-state index in [1.54, 1.807) is 23.6 Å². The number of rotatable bonds is 6. The van der Waals surface area contributed by atoms with E-state index in [4.69, 9.17) is 0 Å². The molecule has 0 aliphatic heterocycles. The number of sulfonamides is 1. The lowest BCUT2D eigenvalue weighted by atomic mass is 10.1. The van der Waals surface area contributed by atoms with E-state index in [0.717, 1.165) is 32.5 Å². The Morgan fingerprint density at radius 3 is 2.40 bits per heavy atom. The fraction of sp³-hybridized carbons (Fsp3) is 0.0455. The van der Waals surface area contributed by atoms with Gasteiger partial charge in [0.2, 0.25) is 5.91 Å². The first-order chi connectivity index (χ1) is 14.4. The number of fused-ring (bicyclic) bond motifs is 1. The molecule has 0 saturated carbocycles. The predicted molar refractivity (Wildman–Crippen MR) is 118 cm³/mol. The topological polar surface area (TPSA) is 66.5 Å². The maximum Gasteiger partial charge on any atom is 0.274 e. The molecule has 0 fully saturated rings. The lowest BCUT2D eigenvalue weighted by Crippen LogP contribution is -2.38. The highest BCUT2D eigenvalue weighted by atomic mass is 32.2. The van der Waals surface area contributed by atoms with Gasteiger partial charge in [-0.25, -0.2) is 12.8 Å². The minimum atomic E-state index is -4.10. The molecule has 3 aromatic carbocycles. The highest BCUT2D eigenvalue weighted by molar-refractivity contribution is 7.94. The Bertz CT molecular complexity index is 1300. The Balaban J connectivity index is 1.64. The summed E-state index contributed by atoms with van der Waals surface area (Å²) in [4.78, 5) is 12.7. The molecule has 8 heteroatoms. The van der Waals surface area contributed by atoms with E-state index in [1.165, 1.54) is 24.3 Å². The molecule has 152 valence electrons. The van der Waals surface area contributed by atoms with E-state index in [9.17, 15) is 17.6 Å². The SMILES string of the molecule is O=C(CN(c1ccccc1F)S(=O)(=O)c1cccs1)Nc1ccc2ccccc2c1. The normalized spacial score (nSPS) is 11.4. The number of nitrogens with zero attached hydrogens (tertiary/aromatic N) is 1. The van der Waals surface area contributed by atoms with Crippen LogP contribution in [0.25, 0.3) is 10.8 Å². The molecule has 0 bridgehead atoms. The zero-order valence-electron chi connectivity index (χ0n) is 15.7. The number of anilines is 2. The van der Waals surface area contributed by atoms with Crippen LogP contribution in [0.15, 0.2) is 88.5 Å². The van der Waals surface area contributed by atoms with E-state index in [-0.39, 0.29) is 9.90 Å². The van der Waals surface area contributed by atoms with Crippen molar-refractivity contribution in [2.24, 2.45) is 0 Å². The first kappa shape index (κ1) is 20.1. The monoisotopic (exact) mass is 440 g/mol. The molecule has 1 heterocycles. The molecule has 0 aliphatic rings. The molecule has 1 aromatic heterocycles. The van der Waals surface area contributed by atoms with Crippen LogP contribution >= 0.6 is 11.3 Å². The summed E-state index contributed by atoms with van der Waals surface area (Å²) in [5, 5.41) is 6.27. The first-order valence-electron chi connectivity index (χ1n) is 9.04. The van der Waals surface area contributed by atoms with E-state index in [0.29, 0.717) is 5.69 Å². The molecule has 0 saturated heterocycles. The summed E-state index contributed by atoms with van der Waals surface area (Å²) in [7, 11) is -4.10. The van der Waals surface area contributed by atoms with Gasteiger partial charge in [-0.3, -0.25) is 9.10 Å². The van der Waals surface area contributed by atoms with Crippen LogP contribution in [0.4, 0.5) is 15.8 Å². The molecule has 0 unspecified atom stereocenters. The molecule has 0 spiro atoms. The van der Waals surface area contributed by atoms with Gasteiger partial charge in [-0.1, -0.05) is 48.5 Å². The Labute approximate surface area is 177 Å². The summed E-state index contributed by atoms with van der Waals surface area (Å²) in [5.41, 5.74) is 0.347. The molecule has 1 N–H and O–H groups in total. The summed E-state index contributed by atoms with van der Waals surface area (Å²) in [6, 6.07) is 21.6. The van der Waals surface area contributed by atoms with Gasteiger partial charge < -0.3 is 5.32 Å². The van der Waals surface area contributed by atoms with Crippen LogP contribution in [0.5, 0.6) is 0 Å². The Morgan fingerprint density at radius 1 is 0.933 bits per heavy atom. The first-order valence-corrected chi connectivity index (χ1v) is 11.4. The van der Waals surface area contributed by atoms with E-state index in [1.807, 2.05) is 30.3 Å². The lowest BCUT2D eigenvalue weighted by Gasteiger charge is -2.23. The van der Waals surface area contributed by atoms with Crippen molar-refractivity contribution in [3.8, 4) is 0 Å². The number of hydrogen-bond acceptors (Lipinski definition) is 4. The molecular formula is C22H17FN2O3S2. The van der Waals surface area contributed by atoms with Gasteiger partial charge in [0.1, 0.15) is 16.6 Å². The minimum absolute atomic E-state index is 0.0317. The highest BCUT2D eigenvalue weighted by Gasteiger charge is 2.29. The van der Waals surface area contributed by atoms with E-state index >= 15 is 0 Å². The van der Waals surface area contributed by atoms with Crippen molar-refractivity contribution in [1.82, 2.24) is 0 Å². The van der Waals surface area contributed by atoms with Crippen LogP contribution in [0.3, 0.4) is 0 Å². The summed E-state index contributed by atoms with van der Waals surface area (Å²) >= 11 is 1.01. The van der Waals surface area contributed by atoms with Gasteiger partial charge in [-0.2, -0.15) is 0 Å². The molecule has 30 heavy (non-hydrogen) atoms. The third-order valence-electron chi connectivity index (χ3n) is 4.48. The second-order valence-corrected chi connectivity index (χ2v) is 9.54. The number of hydrogen-bond donors (Lipinski definition) is 1. The maximum absolute atomic E-state index is 14.4. The quantitative estimate of drug-likeness (QED) is 0.465. The zero-order chi connectivity index (χ0) is 21.1. The molecule has 4 rings (SSSR count). The average molecular weight is 441 g/mol. The van der Waals surface area contributed by atoms with Gasteiger partial charge in [0.15, 0.2) is 0 Å². The van der Waals surface area contributed by atoms with Crippen molar-refractivity contribution in [2.45, 2.75) is 4.21 Å². The third kappa shape index (κ3) is 4.05. The summed E-state index contributed by atoms with van der Waals surface area (Å²) in [5.74, 6) is -1.30. The predicted octanol–water partition coefficient (Wildman–Crippen LogP) is 4.87. The Hall–Kier alpha value is -3.23. The molecule has 0 atom stereocenters. The number of nitrogens with one attached hydrogen (secondary N) is 1. The van der Waals surface area contributed by atoms with Crippen LogP contribution < -0.4 is 9.62 Å². The maximum atomic E-state index is 14.4. The largest absolute Gasteiger partial charge is 0.324 e. The van der Waals surface area contributed by atoms with Crippen molar-refractivity contribution < 1.29 is 17.6 Å². The molecule has 1 amide bonds. The van der Waals surface area contributed by atoms with Gasteiger partial charge in [0, 0.05) is 5.69 Å². The van der Waals surface area contributed by atoms with Gasteiger partial charge >= 0.3 is 0 Å². The zero-order valence-corrected chi connectivity index (χ0v) is 17.3. The minimum Gasteiger partial charge on any atom is -0.324 e. The Kier molecular flexibility index (Phi) is 5.52. The van der Waals surface area contributed by atoms with Gasteiger partial charge in [0.25, 0.3) is 10.0 Å². The van der Waals surface area contributed by atoms with Crippen molar-refractivity contribution in [3.63, 3.8) is 0 Å². The molecule has 5 nitrogen and oxygen atoms in total. The van der Waals surface area contributed by atoms with Crippen LogP contribution in [0.1, 0.15) is 0 Å². The molecule has 0 aliphatic carbocycles. The number of amides is 1. The number of carbonyl (C=O) groups is 1. The number of benzene rings is 3. The molecule has 0 radical (unpaired) electrons. The number of thiophene rings is 1. The highest BCUT2D eigenvalue weighted by Crippen LogP contribution is 2.28. The third-order valence-corrected chi connectivity index (χ3v) is 7.61. The van der Waals surface area contributed by atoms with Crippen LogP contribution in [0, 0.1) is 5.82 Å². The van der Waals surface area contributed by atoms with Crippen molar-refractivity contribution in [1.29, 1.82) is 0 Å². The molecule has 4 aromatic rings. The Morgan fingerprint density at radius 2 is 1.67 bits per heavy atom. The fourth-order valence-electron chi connectivity index (χ4n) is 3.07. The van der Waals surface area contributed by atoms with Crippen LogP contribution in [0.2, 0.25) is 0 Å². The summed E-state index contributed by atoms with van der Waals surface area (Å²) < 4.78 is 41.5. The van der Waals surface area contributed by atoms with Crippen molar-refractivity contribution in [2.75, 3.05) is 16.2 Å². The van der Waals surface area contributed by atoms with E-state index in [2.05, 4.69) is 5.32 Å². The summed E-state index contributed by atoms with van der Waals surface area (Å²) in [6.45, 7) is -0.562. The standard InChI is InChI=1S/C22H17FN2O3S2/c23-19-8-3-4-9-20(19)25(30(27,28)22-10-5-13-29-22)15-21(26)24-18-12-11-16-6-1-2-7-17(16)14-18/h1-14H,15H2,(H,24,26). The fourth-order valence-corrected chi connectivity index (χ4v) is 5.60. The average Bonchev–Trinajstić information content (AvgIpc) is 3.28. The van der Waals surface area contributed by atoms with E-state index < -0.39 is 28.3 Å². The molecular weight excluding hydrogens is 423 g/mol. The lowest BCUT2D eigenvalue weighted by molar-refractivity contribution is -0.114. The number of carbonyl (C=O) groups excluding carboxylic acids is 1. The number of para-hydroxylation sites is 1. The summed E-state index contributed by atoms with van der Waals surface area (Å²) in [6.07, 6.45) is 0. The van der Waals surface area contributed by atoms with Gasteiger partial charge in [-0.15, -0.1) is 11.3 Å².